The Labute approximate surface area is 215 Å². The summed E-state index contributed by atoms with van der Waals surface area (Å²) < 4.78 is 26.3. The molecule has 0 unspecified atom stereocenters. The lowest BCUT2D eigenvalue weighted by atomic mass is 10.1. The second-order valence-corrected chi connectivity index (χ2v) is 8.73. The maximum Gasteiger partial charge on any atom is 0.266 e. The number of hydrogen-bond donors (Lipinski definition) is 1. The molecule has 0 fully saturated rings. The number of nitrogens with zero attached hydrogens (tertiary/aromatic N) is 1. The second-order valence-electron chi connectivity index (χ2n) is 7.56. The molecule has 1 N–H and O–H groups in total. The number of anilines is 1. The molecule has 0 atom stereocenters. The van der Waals surface area contributed by atoms with E-state index in [-0.39, 0.29) is 11.3 Å². The Bertz CT molecular complexity index is 1470. The number of amides is 1. The first kappa shape index (κ1) is 24.2. The Kier molecular flexibility index (Phi) is 7.63. The summed E-state index contributed by atoms with van der Waals surface area (Å²) in [5.74, 6) is -0.257. The van der Waals surface area contributed by atoms with Gasteiger partial charge in [-0.2, -0.15) is 5.26 Å². The second kappa shape index (κ2) is 11.0. The number of fused-ring (bicyclic) bond motifs is 1. The van der Waals surface area contributed by atoms with E-state index in [4.69, 9.17) is 9.47 Å². The Hall–Kier alpha value is -3.90. The number of methoxy groups -OCH3 is 1. The maximum absolute atomic E-state index is 13.9. The van der Waals surface area contributed by atoms with Crippen molar-refractivity contribution in [2.75, 3.05) is 12.4 Å². The lowest BCUT2D eigenvalue weighted by molar-refractivity contribution is -0.112. The van der Waals surface area contributed by atoms with Gasteiger partial charge in [0, 0.05) is 0 Å². The van der Waals surface area contributed by atoms with Crippen molar-refractivity contribution in [3.63, 3.8) is 0 Å². The van der Waals surface area contributed by atoms with Crippen LogP contribution in [0.5, 0.6) is 11.5 Å². The number of para-hydroxylation sites is 1. The molecular weight excluding hydrogens is 558 g/mol. The van der Waals surface area contributed by atoms with Crippen LogP contribution < -0.4 is 14.8 Å². The summed E-state index contributed by atoms with van der Waals surface area (Å²) in [5.41, 5.74) is 1.45. The zero-order valence-electron chi connectivity index (χ0n) is 18.7. The van der Waals surface area contributed by atoms with Crippen LogP contribution in [0.1, 0.15) is 11.1 Å². The zero-order valence-corrected chi connectivity index (χ0v) is 20.9. The van der Waals surface area contributed by atoms with E-state index in [0.29, 0.717) is 23.7 Å². The van der Waals surface area contributed by atoms with Gasteiger partial charge in [0.2, 0.25) is 0 Å². The highest BCUT2D eigenvalue weighted by molar-refractivity contribution is 14.1. The monoisotopic (exact) mass is 578 g/mol. The third-order valence-corrected chi connectivity index (χ3v) is 6.10. The van der Waals surface area contributed by atoms with Gasteiger partial charge in [0.05, 0.1) is 16.4 Å². The van der Waals surface area contributed by atoms with Crippen molar-refractivity contribution >= 4 is 51.0 Å². The highest BCUT2D eigenvalue weighted by Gasteiger charge is 2.15. The molecule has 0 heterocycles. The summed E-state index contributed by atoms with van der Waals surface area (Å²) in [6, 6.07) is 25.3. The van der Waals surface area contributed by atoms with Gasteiger partial charge < -0.3 is 14.8 Å². The smallest absolute Gasteiger partial charge is 0.266 e. The number of halogens is 2. The predicted molar refractivity (Wildman–Crippen MR) is 143 cm³/mol. The lowest BCUT2D eigenvalue weighted by Gasteiger charge is -2.15. The maximum atomic E-state index is 13.9. The minimum absolute atomic E-state index is 0.00277. The molecule has 0 spiro atoms. The Morgan fingerprint density at radius 1 is 1.09 bits per heavy atom. The molecule has 4 aromatic rings. The van der Waals surface area contributed by atoms with Gasteiger partial charge in [-0.1, -0.05) is 54.6 Å². The van der Waals surface area contributed by atoms with E-state index < -0.39 is 11.7 Å². The fraction of sp³-hybridized carbons (Fsp3) is 0.0714. The third kappa shape index (κ3) is 5.61. The first-order valence-electron chi connectivity index (χ1n) is 10.6. The van der Waals surface area contributed by atoms with Crippen molar-refractivity contribution in [3.05, 3.63) is 105 Å². The van der Waals surface area contributed by atoms with Crippen LogP contribution in [0.25, 0.3) is 16.8 Å². The summed E-state index contributed by atoms with van der Waals surface area (Å²) in [6.45, 7) is 0.345. The molecule has 0 saturated carbocycles. The molecule has 0 radical (unpaired) electrons. The van der Waals surface area contributed by atoms with E-state index in [0.717, 1.165) is 19.9 Å². The first-order valence-corrected chi connectivity index (χ1v) is 11.7. The molecule has 0 aliphatic heterocycles. The van der Waals surface area contributed by atoms with Crippen molar-refractivity contribution in [1.82, 2.24) is 0 Å². The van der Waals surface area contributed by atoms with E-state index >= 15 is 0 Å². The van der Waals surface area contributed by atoms with E-state index in [1.54, 1.807) is 18.2 Å². The minimum Gasteiger partial charge on any atom is -0.493 e. The number of nitrogens with one attached hydrogen (secondary N) is 1. The van der Waals surface area contributed by atoms with Gasteiger partial charge in [0.15, 0.2) is 11.5 Å². The number of rotatable bonds is 7. The average molecular weight is 578 g/mol. The highest BCUT2D eigenvalue weighted by atomic mass is 127. The summed E-state index contributed by atoms with van der Waals surface area (Å²) >= 11 is 2.13. The van der Waals surface area contributed by atoms with Crippen molar-refractivity contribution in [2.45, 2.75) is 6.61 Å². The van der Waals surface area contributed by atoms with Crippen LogP contribution in [0.15, 0.2) is 84.4 Å². The number of carbonyl (C=O) groups is 1. The van der Waals surface area contributed by atoms with Crippen LogP contribution in [0, 0.1) is 20.7 Å². The summed E-state index contributed by atoms with van der Waals surface area (Å²) in [4.78, 5) is 12.5. The number of carbonyl (C=O) groups excluding carboxylic acids is 1. The van der Waals surface area contributed by atoms with Gasteiger partial charge in [0.25, 0.3) is 5.91 Å². The third-order valence-electron chi connectivity index (χ3n) is 5.30. The molecule has 7 heteroatoms. The topological polar surface area (TPSA) is 71.3 Å². The van der Waals surface area contributed by atoms with Crippen LogP contribution in [0.3, 0.4) is 0 Å². The van der Waals surface area contributed by atoms with Gasteiger partial charge in [-0.3, -0.25) is 4.79 Å². The van der Waals surface area contributed by atoms with Crippen LogP contribution in [-0.2, 0) is 11.4 Å². The number of benzene rings is 4. The van der Waals surface area contributed by atoms with Crippen molar-refractivity contribution in [3.8, 4) is 17.6 Å². The number of hydrogen-bond acceptors (Lipinski definition) is 4. The molecule has 1 amide bonds. The Morgan fingerprint density at radius 3 is 2.60 bits per heavy atom. The van der Waals surface area contributed by atoms with Crippen LogP contribution in [0.2, 0.25) is 0 Å². The van der Waals surface area contributed by atoms with Crippen LogP contribution >= 0.6 is 22.6 Å². The molecule has 5 nitrogen and oxygen atoms in total. The summed E-state index contributed by atoms with van der Waals surface area (Å²) in [7, 11) is 1.53. The molecule has 35 heavy (non-hydrogen) atoms. The van der Waals surface area contributed by atoms with E-state index in [9.17, 15) is 14.4 Å². The Balaban J connectivity index is 1.58. The van der Waals surface area contributed by atoms with E-state index in [2.05, 4.69) is 46.1 Å². The average Bonchev–Trinajstić information content (AvgIpc) is 2.87. The van der Waals surface area contributed by atoms with Crippen molar-refractivity contribution < 1.29 is 18.7 Å². The zero-order chi connectivity index (χ0) is 24.8. The molecule has 174 valence electrons. The number of nitriles is 1. The molecule has 4 rings (SSSR count). The minimum atomic E-state index is -0.706. The van der Waals surface area contributed by atoms with Gasteiger partial charge >= 0.3 is 0 Å². The van der Waals surface area contributed by atoms with Gasteiger partial charge in [-0.25, -0.2) is 4.39 Å². The van der Waals surface area contributed by atoms with Gasteiger partial charge in [0.1, 0.15) is 24.1 Å². The van der Waals surface area contributed by atoms with Crippen LogP contribution in [-0.4, -0.2) is 13.0 Å². The van der Waals surface area contributed by atoms with Crippen molar-refractivity contribution in [1.29, 1.82) is 5.26 Å². The van der Waals surface area contributed by atoms with E-state index in [1.165, 1.54) is 31.4 Å². The normalized spacial score (nSPS) is 11.1. The molecule has 4 aromatic carbocycles. The lowest BCUT2D eigenvalue weighted by Crippen LogP contribution is -2.14. The van der Waals surface area contributed by atoms with E-state index in [1.807, 2.05) is 30.3 Å². The highest BCUT2D eigenvalue weighted by Crippen LogP contribution is 2.35. The summed E-state index contributed by atoms with van der Waals surface area (Å²) in [5, 5.41) is 14.2. The quantitative estimate of drug-likeness (QED) is 0.150. The van der Waals surface area contributed by atoms with Crippen molar-refractivity contribution in [2.24, 2.45) is 0 Å². The molecule has 0 aromatic heterocycles. The Morgan fingerprint density at radius 2 is 1.83 bits per heavy atom. The summed E-state index contributed by atoms with van der Waals surface area (Å²) in [6.07, 6.45) is 1.43. The largest absolute Gasteiger partial charge is 0.493 e. The standard InChI is InChI=1S/C28H20FIN2O3/c1-34-26-15-18(13-21(16-31)28(33)32-25-12-5-4-11-23(25)29)14-24(30)27(26)35-17-20-9-6-8-19-7-2-3-10-22(19)20/h2-15H,17H2,1H3,(H,32,33). The van der Waals surface area contributed by atoms with Gasteiger partial charge in [-0.15, -0.1) is 0 Å². The SMILES string of the molecule is COc1cc(C=C(C#N)C(=O)Nc2ccccc2F)cc(I)c1OCc1cccc2ccccc12. The van der Waals surface area contributed by atoms with Crippen LogP contribution in [0.4, 0.5) is 10.1 Å². The molecule has 0 saturated heterocycles. The fourth-order valence-electron chi connectivity index (χ4n) is 3.60. The number of ether oxygens (including phenoxy) is 2. The molecule has 0 aliphatic carbocycles. The molecule has 0 bridgehead atoms. The first-order chi connectivity index (χ1) is 17.0. The van der Waals surface area contributed by atoms with Gasteiger partial charge in [-0.05, 0) is 74.8 Å². The fourth-order valence-corrected chi connectivity index (χ4v) is 4.38. The molecular formula is C28H20FIN2O3. The predicted octanol–water partition coefficient (Wildman–Crippen LogP) is 6.72. The molecule has 0 aliphatic rings.